The molecule has 1 saturated heterocycles. The van der Waals surface area contributed by atoms with Gasteiger partial charge in [-0.05, 0) is 61.7 Å². The molecule has 0 bridgehead atoms. The van der Waals surface area contributed by atoms with E-state index in [1.165, 1.54) is 50.3 Å². The Hall–Kier alpha value is -2.62. The average molecular weight is 446 g/mol. The van der Waals surface area contributed by atoms with E-state index >= 15 is 0 Å². The first-order chi connectivity index (χ1) is 14.8. The molecule has 2 fully saturated rings. The number of rotatable bonds is 6. The van der Waals surface area contributed by atoms with Crippen LogP contribution in [-0.2, 0) is 14.9 Å². The topological polar surface area (TPSA) is 108 Å². The molecule has 4 rings (SSSR count). The summed E-state index contributed by atoms with van der Waals surface area (Å²) in [6.07, 6.45) is 6.16. The van der Waals surface area contributed by atoms with Gasteiger partial charge >= 0.3 is 5.97 Å². The molecule has 0 aromatic heterocycles. The van der Waals surface area contributed by atoms with Crippen LogP contribution in [0.5, 0.6) is 0 Å². The number of benzene rings is 2. The fourth-order valence-corrected chi connectivity index (χ4v) is 5.22. The van der Waals surface area contributed by atoms with Gasteiger partial charge in [-0.3, -0.25) is 14.9 Å². The molecule has 2 aromatic rings. The number of hydrogen-bond acceptors (Lipinski definition) is 6. The number of nitrogens with zero attached hydrogens (tertiary/aromatic N) is 1. The van der Waals surface area contributed by atoms with Gasteiger partial charge in [0.25, 0.3) is 10.0 Å². The number of hydroxylamine groups is 1. The van der Waals surface area contributed by atoms with Crippen molar-refractivity contribution in [2.75, 3.05) is 16.5 Å². The Bertz CT molecular complexity index is 1050. The maximum atomic E-state index is 12.7. The molecule has 8 nitrogen and oxygen atoms in total. The van der Waals surface area contributed by atoms with Crippen molar-refractivity contribution in [3.05, 3.63) is 53.6 Å². The molecule has 1 saturated carbocycles. The quantitative estimate of drug-likeness (QED) is 0.622. The Kier molecular flexibility index (Phi) is 6.17. The highest BCUT2D eigenvalue weighted by atomic mass is 32.2. The molecule has 166 valence electrons. The van der Waals surface area contributed by atoms with Crippen molar-refractivity contribution in [1.82, 2.24) is 5.32 Å². The molecule has 31 heavy (non-hydrogen) atoms. The molecular formula is C22H27N3O5S. The summed E-state index contributed by atoms with van der Waals surface area (Å²) in [5, 5.41) is 14.4. The third-order valence-corrected chi connectivity index (χ3v) is 7.29. The van der Waals surface area contributed by atoms with Crippen LogP contribution in [0.3, 0.4) is 0 Å². The van der Waals surface area contributed by atoms with Gasteiger partial charge < -0.3 is 5.11 Å². The number of hydrogen-bond donors (Lipinski definition) is 3. The first-order valence-electron chi connectivity index (χ1n) is 10.5. The first-order valence-corrected chi connectivity index (χ1v) is 12.0. The minimum absolute atomic E-state index is 0.0171. The third-order valence-electron chi connectivity index (χ3n) is 5.91. The van der Waals surface area contributed by atoms with Crippen LogP contribution in [0.25, 0.3) is 0 Å². The Labute approximate surface area is 182 Å². The van der Waals surface area contributed by atoms with Crippen LogP contribution in [0, 0.1) is 12.8 Å². The second-order valence-corrected chi connectivity index (χ2v) is 9.78. The molecule has 3 N–H and O–H groups in total. The van der Waals surface area contributed by atoms with Gasteiger partial charge in [-0.15, -0.1) is 0 Å². The van der Waals surface area contributed by atoms with E-state index in [0.717, 1.165) is 5.69 Å². The highest BCUT2D eigenvalue weighted by Crippen LogP contribution is 2.31. The zero-order valence-corrected chi connectivity index (χ0v) is 18.2. The summed E-state index contributed by atoms with van der Waals surface area (Å²) < 4.78 is 27.9. The first kappa shape index (κ1) is 21.6. The Morgan fingerprint density at radius 3 is 2.52 bits per heavy atom. The maximum Gasteiger partial charge on any atom is 0.335 e. The average Bonchev–Trinajstić information content (AvgIpc) is 3.25. The zero-order chi connectivity index (χ0) is 22.0. The largest absolute Gasteiger partial charge is 0.478 e. The van der Waals surface area contributed by atoms with Gasteiger partial charge in [0.2, 0.25) is 0 Å². The standard InChI is InChI=1S/C22H27N3O5S/c1-15-7-12-19(13-20(15)22(26)27)31(28,29)24-17-8-10-18(11-9-17)25-14-23-21(30-25)16-5-3-2-4-6-16/h7-13,16,21,23-24H,2-6,14H2,1H3,(H,26,27). The van der Waals surface area contributed by atoms with Crippen LogP contribution in [-0.4, -0.2) is 32.4 Å². The summed E-state index contributed by atoms with van der Waals surface area (Å²) in [6, 6.07) is 11.0. The molecule has 2 aliphatic rings. The van der Waals surface area contributed by atoms with Crippen molar-refractivity contribution in [1.29, 1.82) is 0 Å². The number of aryl methyl sites for hydroxylation is 1. The summed E-state index contributed by atoms with van der Waals surface area (Å²) in [7, 11) is -3.91. The number of nitrogens with one attached hydrogen (secondary N) is 2. The maximum absolute atomic E-state index is 12.7. The molecule has 1 heterocycles. The fraction of sp³-hybridized carbons (Fsp3) is 0.409. The number of carboxylic acids is 1. The lowest BCUT2D eigenvalue weighted by molar-refractivity contribution is 0.0213. The van der Waals surface area contributed by atoms with Gasteiger partial charge in [0, 0.05) is 11.6 Å². The van der Waals surface area contributed by atoms with Crippen LogP contribution < -0.4 is 15.1 Å². The normalized spacial score (nSPS) is 20.0. The third kappa shape index (κ3) is 4.84. The van der Waals surface area contributed by atoms with Crippen LogP contribution in [0.15, 0.2) is 47.4 Å². The van der Waals surface area contributed by atoms with Crippen LogP contribution in [0.2, 0.25) is 0 Å². The zero-order valence-electron chi connectivity index (χ0n) is 17.4. The molecule has 2 aromatic carbocycles. The van der Waals surface area contributed by atoms with Crippen molar-refractivity contribution >= 4 is 27.4 Å². The SMILES string of the molecule is Cc1ccc(S(=O)(=O)Nc2ccc(N3CNC(C4CCCCC4)O3)cc2)cc1C(=O)O. The monoisotopic (exact) mass is 445 g/mol. The number of sulfonamides is 1. The second kappa shape index (κ2) is 8.86. The molecule has 1 unspecified atom stereocenters. The summed E-state index contributed by atoms with van der Waals surface area (Å²) >= 11 is 0. The van der Waals surface area contributed by atoms with Gasteiger partial charge in [-0.25, -0.2) is 18.3 Å². The molecule has 0 amide bonds. The van der Waals surface area contributed by atoms with Gasteiger partial charge in [0.05, 0.1) is 22.8 Å². The van der Waals surface area contributed by atoms with E-state index in [4.69, 9.17) is 4.84 Å². The van der Waals surface area contributed by atoms with E-state index in [2.05, 4.69) is 10.0 Å². The summed E-state index contributed by atoms with van der Waals surface area (Å²) in [5.74, 6) is -0.639. The lowest BCUT2D eigenvalue weighted by atomic mass is 9.88. The van der Waals surface area contributed by atoms with Crippen molar-refractivity contribution in [3.63, 3.8) is 0 Å². The summed E-state index contributed by atoms with van der Waals surface area (Å²) in [5.41, 5.74) is 1.68. The number of carbonyl (C=O) groups is 1. The summed E-state index contributed by atoms with van der Waals surface area (Å²) in [4.78, 5) is 17.3. The Balaban J connectivity index is 1.43. The van der Waals surface area contributed by atoms with Crippen molar-refractivity contribution in [3.8, 4) is 0 Å². The van der Waals surface area contributed by atoms with Gasteiger partial charge in [-0.1, -0.05) is 25.3 Å². The molecule has 1 aliphatic heterocycles. The summed E-state index contributed by atoms with van der Waals surface area (Å²) in [6.45, 7) is 2.20. The molecule has 0 radical (unpaired) electrons. The molecular weight excluding hydrogens is 418 g/mol. The number of carboxylic acid groups (broad SMARTS) is 1. The van der Waals surface area contributed by atoms with E-state index in [9.17, 15) is 18.3 Å². The molecule has 1 aliphatic carbocycles. The van der Waals surface area contributed by atoms with Gasteiger partial charge in [0.15, 0.2) is 0 Å². The molecule has 9 heteroatoms. The smallest absolute Gasteiger partial charge is 0.335 e. The van der Waals surface area contributed by atoms with Crippen molar-refractivity contribution in [2.45, 2.75) is 50.2 Å². The predicted octanol–water partition coefficient (Wildman–Crippen LogP) is 3.70. The lowest BCUT2D eigenvalue weighted by Gasteiger charge is -2.26. The molecule has 0 spiro atoms. The predicted molar refractivity (Wildman–Crippen MR) is 117 cm³/mol. The highest BCUT2D eigenvalue weighted by molar-refractivity contribution is 7.92. The lowest BCUT2D eigenvalue weighted by Crippen LogP contribution is -2.32. The van der Waals surface area contributed by atoms with E-state index in [0.29, 0.717) is 23.8 Å². The van der Waals surface area contributed by atoms with E-state index in [1.807, 2.05) is 0 Å². The Morgan fingerprint density at radius 2 is 1.84 bits per heavy atom. The van der Waals surface area contributed by atoms with Crippen molar-refractivity contribution in [2.24, 2.45) is 5.92 Å². The second-order valence-electron chi connectivity index (χ2n) is 8.10. The van der Waals surface area contributed by atoms with Crippen LogP contribution in [0.4, 0.5) is 11.4 Å². The van der Waals surface area contributed by atoms with E-state index in [-0.39, 0.29) is 16.7 Å². The van der Waals surface area contributed by atoms with Gasteiger partial charge in [-0.2, -0.15) is 0 Å². The minimum Gasteiger partial charge on any atom is -0.478 e. The van der Waals surface area contributed by atoms with Crippen LogP contribution in [0.1, 0.15) is 48.0 Å². The minimum atomic E-state index is -3.91. The Morgan fingerprint density at radius 1 is 1.13 bits per heavy atom. The van der Waals surface area contributed by atoms with Crippen molar-refractivity contribution < 1.29 is 23.2 Å². The van der Waals surface area contributed by atoms with E-state index < -0.39 is 16.0 Å². The highest BCUT2D eigenvalue weighted by Gasteiger charge is 2.31. The van der Waals surface area contributed by atoms with E-state index in [1.54, 1.807) is 36.3 Å². The van der Waals surface area contributed by atoms with Crippen LogP contribution >= 0.6 is 0 Å². The molecule has 1 atom stereocenters. The fourth-order valence-electron chi connectivity index (χ4n) is 4.13. The number of anilines is 2. The van der Waals surface area contributed by atoms with Gasteiger partial charge in [0.1, 0.15) is 6.23 Å². The number of aromatic carboxylic acids is 1.